The second-order valence-corrected chi connectivity index (χ2v) is 6.20. The average Bonchev–Trinajstić information content (AvgIpc) is 2.53. The van der Waals surface area contributed by atoms with Crippen LogP contribution in [0.3, 0.4) is 0 Å². The molecule has 1 N–H and O–H groups in total. The minimum atomic E-state index is -0.957. The smallest absolute Gasteiger partial charge is 0.305 e. The van der Waals surface area contributed by atoms with Crippen LogP contribution in [0.25, 0.3) is 11.1 Å². The SMILES string of the molecule is CC(C)Cc1ccc(-c2ccc(C(C#N)CC(=O)O)cc2)cc1. The molecule has 0 amide bonds. The summed E-state index contributed by atoms with van der Waals surface area (Å²) in [5.41, 5.74) is 4.26. The van der Waals surface area contributed by atoms with E-state index < -0.39 is 11.9 Å². The topological polar surface area (TPSA) is 61.1 Å². The van der Waals surface area contributed by atoms with Crippen molar-refractivity contribution in [2.45, 2.75) is 32.6 Å². The molecule has 0 radical (unpaired) electrons. The van der Waals surface area contributed by atoms with Crippen molar-refractivity contribution in [3.63, 3.8) is 0 Å². The summed E-state index contributed by atoms with van der Waals surface area (Å²) in [6.07, 6.45) is 0.901. The normalized spacial score (nSPS) is 11.9. The molecule has 1 unspecified atom stereocenters. The lowest BCUT2D eigenvalue weighted by molar-refractivity contribution is -0.137. The Morgan fingerprint density at radius 3 is 2.00 bits per heavy atom. The van der Waals surface area contributed by atoms with Gasteiger partial charge in [0.2, 0.25) is 0 Å². The van der Waals surface area contributed by atoms with Gasteiger partial charge in [-0.15, -0.1) is 0 Å². The highest BCUT2D eigenvalue weighted by Gasteiger charge is 2.14. The Kier molecular flexibility index (Phi) is 5.54. The predicted octanol–water partition coefficient (Wildman–Crippen LogP) is 4.63. The number of nitrogens with zero attached hydrogens (tertiary/aromatic N) is 1. The van der Waals surface area contributed by atoms with E-state index in [1.807, 2.05) is 24.3 Å². The molecule has 0 heterocycles. The van der Waals surface area contributed by atoms with Crippen LogP contribution >= 0.6 is 0 Å². The maximum atomic E-state index is 10.8. The summed E-state index contributed by atoms with van der Waals surface area (Å²) in [7, 11) is 0. The molecule has 2 aromatic carbocycles. The van der Waals surface area contributed by atoms with E-state index in [2.05, 4.69) is 44.2 Å². The second kappa shape index (κ2) is 7.60. The summed E-state index contributed by atoms with van der Waals surface area (Å²) in [6.45, 7) is 4.41. The molecule has 0 saturated carbocycles. The van der Waals surface area contributed by atoms with Gasteiger partial charge in [-0.3, -0.25) is 4.79 Å². The number of nitriles is 1. The molecule has 0 saturated heterocycles. The molecule has 2 rings (SSSR count). The van der Waals surface area contributed by atoms with Crippen LogP contribution in [-0.4, -0.2) is 11.1 Å². The lowest BCUT2D eigenvalue weighted by Gasteiger charge is -2.09. The van der Waals surface area contributed by atoms with Crippen molar-refractivity contribution in [2.24, 2.45) is 5.92 Å². The largest absolute Gasteiger partial charge is 0.481 e. The fourth-order valence-corrected chi connectivity index (χ4v) is 2.63. The number of hydrogen-bond acceptors (Lipinski definition) is 2. The number of carbonyl (C=O) groups is 1. The van der Waals surface area contributed by atoms with E-state index >= 15 is 0 Å². The number of rotatable bonds is 6. The Balaban J connectivity index is 2.16. The van der Waals surface area contributed by atoms with Crippen LogP contribution in [0, 0.1) is 17.2 Å². The van der Waals surface area contributed by atoms with E-state index in [1.54, 1.807) is 0 Å². The van der Waals surface area contributed by atoms with Crippen LogP contribution in [0.2, 0.25) is 0 Å². The van der Waals surface area contributed by atoms with E-state index in [1.165, 1.54) is 5.56 Å². The number of hydrogen-bond donors (Lipinski definition) is 1. The molecule has 0 aliphatic rings. The number of carboxylic acid groups (broad SMARTS) is 1. The van der Waals surface area contributed by atoms with Crippen molar-refractivity contribution in [3.05, 3.63) is 59.7 Å². The lowest BCUT2D eigenvalue weighted by atomic mass is 9.94. The molecular formula is C20H21NO2. The van der Waals surface area contributed by atoms with Gasteiger partial charge in [0, 0.05) is 0 Å². The third-order valence-electron chi connectivity index (χ3n) is 3.78. The van der Waals surface area contributed by atoms with Crippen LogP contribution in [-0.2, 0) is 11.2 Å². The third-order valence-corrected chi connectivity index (χ3v) is 3.78. The van der Waals surface area contributed by atoms with E-state index in [0.29, 0.717) is 5.92 Å². The van der Waals surface area contributed by atoms with Crippen LogP contribution in [0.1, 0.15) is 37.3 Å². The van der Waals surface area contributed by atoms with E-state index in [-0.39, 0.29) is 6.42 Å². The fraction of sp³-hybridized carbons (Fsp3) is 0.300. The maximum absolute atomic E-state index is 10.8. The molecule has 0 bridgehead atoms. The van der Waals surface area contributed by atoms with Crippen molar-refractivity contribution < 1.29 is 9.90 Å². The van der Waals surface area contributed by atoms with Gasteiger partial charge in [0.25, 0.3) is 0 Å². The monoisotopic (exact) mass is 307 g/mol. The Morgan fingerprint density at radius 2 is 1.57 bits per heavy atom. The zero-order chi connectivity index (χ0) is 16.8. The van der Waals surface area contributed by atoms with E-state index in [4.69, 9.17) is 10.4 Å². The van der Waals surface area contributed by atoms with Crippen molar-refractivity contribution in [2.75, 3.05) is 0 Å². The molecule has 2 aromatic rings. The van der Waals surface area contributed by atoms with Crippen molar-refractivity contribution in [1.29, 1.82) is 5.26 Å². The molecule has 23 heavy (non-hydrogen) atoms. The van der Waals surface area contributed by atoms with Gasteiger partial charge in [0.1, 0.15) is 0 Å². The molecular weight excluding hydrogens is 286 g/mol. The van der Waals surface area contributed by atoms with Crippen molar-refractivity contribution in [3.8, 4) is 17.2 Å². The number of carboxylic acids is 1. The minimum Gasteiger partial charge on any atom is -0.481 e. The second-order valence-electron chi connectivity index (χ2n) is 6.20. The molecule has 1 atom stereocenters. The van der Waals surface area contributed by atoms with Gasteiger partial charge in [0.15, 0.2) is 0 Å². The van der Waals surface area contributed by atoms with Gasteiger partial charge in [-0.1, -0.05) is 62.4 Å². The van der Waals surface area contributed by atoms with Crippen LogP contribution in [0.5, 0.6) is 0 Å². The minimum absolute atomic E-state index is 0.167. The first-order chi connectivity index (χ1) is 11.0. The summed E-state index contributed by atoms with van der Waals surface area (Å²) in [6, 6.07) is 18.1. The van der Waals surface area contributed by atoms with Gasteiger partial charge in [0.05, 0.1) is 18.4 Å². The van der Waals surface area contributed by atoms with Crippen molar-refractivity contribution >= 4 is 5.97 Å². The first kappa shape index (κ1) is 16.8. The highest BCUT2D eigenvalue weighted by Crippen LogP contribution is 2.25. The summed E-state index contributed by atoms with van der Waals surface area (Å²) in [5.74, 6) is -0.923. The standard InChI is InChI=1S/C20H21NO2/c1-14(2)11-15-3-5-16(6-4-15)17-7-9-18(10-8-17)19(13-21)12-20(22)23/h3-10,14,19H,11-12H2,1-2H3,(H,22,23). The molecule has 3 heteroatoms. The quantitative estimate of drug-likeness (QED) is 0.846. The van der Waals surface area contributed by atoms with Crippen molar-refractivity contribution in [1.82, 2.24) is 0 Å². The first-order valence-electron chi connectivity index (χ1n) is 7.80. The summed E-state index contributed by atoms with van der Waals surface area (Å²) >= 11 is 0. The van der Waals surface area contributed by atoms with Crippen LogP contribution < -0.4 is 0 Å². The Hall–Kier alpha value is -2.60. The number of benzene rings is 2. The Labute approximate surface area is 137 Å². The predicted molar refractivity (Wildman–Crippen MR) is 91.0 cm³/mol. The summed E-state index contributed by atoms with van der Waals surface area (Å²) in [4.78, 5) is 10.8. The van der Waals surface area contributed by atoms with Crippen LogP contribution in [0.15, 0.2) is 48.5 Å². The Morgan fingerprint density at radius 1 is 1.04 bits per heavy atom. The average molecular weight is 307 g/mol. The van der Waals surface area contributed by atoms with Crippen LogP contribution in [0.4, 0.5) is 0 Å². The molecule has 118 valence electrons. The molecule has 0 aromatic heterocycles. The van der Waals surface area contributed by atoms with E-state index in [9.17, 15) is 4.79 Å². The summed E-state index contributed by atoms with van der Waals surface area (Å²) in [5, 5.41) is 17.9. The molecule has 0 aliphatic heterocycles. The third kappa shape index (κ3) is 4.69. The number of aliphatic carboxylic acids is 1. The maximum Gasteiger partial charge on any atom is 0.305 e. The zero-order valence-electron chi connectivity index (χ0n) is 13.5. The fourth-order valence-electron chi connectivity index (χ4n) is 2.63. The molecule has 0 fully saturated rings. The van der Waals surface area contributed by atoms with E-state index in [0.717, 1.165) is 23.1 Å². The lowest BCUT2D eigenvalue weighted by Crippen LogP contribution is -2.04. The molecule has 3 nitrogen and oxygen atoms in total. The van der Waals surface area contributed by atoms with Gasteiger partial charge >= 0.3 is 5.97 Å². The van der Waals surface area contributed by atoms with Gasteiger partial charge in [-0.25, -0.2) is 0 Å². The van der Waals surface area contributed by atoms with Gasteiger partial charge < -0.3 is 5.11 Å². The Bertz CT molecular complexity index is 694. The zero-order valence-corrected chi connectivity index (χ0v) is 13.5. The van der Waals surface area contributed by atoms with Gasteiger partial charge in [-0.05, 0) is 34.6 Å². The first-order valence-corrected chi connectivity index (χ1v) is 7.80. The van der Waals surface area contributed by atoms with Gasteiger partial charge in [-0.2, -0.15) is 5.26 Å². The highest BCUT2D eigenvalue weighted by atomic mass is 16.4. The highest BCUT2D eigenvalue weighted by molar-refractivity contribution is 5.69. The molecule has 0 spiro atoms. The molecule has 0 aliphatic carbocycles. The summed E-state index contributed by atoms with van der Waals surface area (Å²) < 4.78 is 0.